The van der Waals surface area contributed by atoms with Gasteiger partial charge in [-0.2, -0.15) is 13.2 Å². The van der Waals surface area contributed by atoms with Crippen molar-refractivity contribution in [1.82, 2.24) is 4.90 Å². The Hall–Kier alpha value is -2.55. The number of carbonyl (C=O) groups is 1. The highest BCUT2D eigenvalue weighted by atomic mass is 32.2. The fourth-order valence-corrected chi connectivity index (χ4v) is 4.39. The van der Waals surface area contributed by atoms with E-state index >= 15 is 0 Å². The molecule has 0 atom stereocenters. The third-order valence-corrected chi connectivity index (χ3v) is 5.94. The minimum atomic E-state index is -4.60. The molecule has 0 fully saturated rings. The van der Waals surface area contributed by atoms with Crippen LogP contribution in [0.3, 0.4) is 0 Å². The van der Waals surface area contributed by atoms with Crippen molar-refractivity contribution in [3.05, 3.63) is 59.7 Å². The number of alkyl halides is 3. The number of hydrogen-bond acceptors (Lipinski definition) is 3. The second-order valence-corrected chi connectivity index (χ2v) is 8.49. The molecule has 0 saturated carbocycles. The second kappa shape index (κ2) is 7.83. The van der Waals surface area contributed by atoms with Crippen molar-refractivity contribution in [3.63, 3.8) is 0 Å². The van der Waals surface area contributed by atoms with Crippen LogP contribution in [0.5, 0.6) is 0 Å². The van der Waals surface area contributed by atoms with E-state index in [9.17, 15) is 26.4 Å². The van der Waals surface area contributed by atoms with Crippen LogP contribution in [0.2, 0.25) is 0 Å². The third-order valence-electron chi connectivity index (χ3n) is 3.94. The number of halogens is 3. The first kappa shape index (κ1) is 21.7. The molecule has 152 valence electrons. The summed E-state index contributed by atoms with van der Waals surface area (Å²) < 4.78 is 66.5. The van der Waals surface area contributed by atoms with Crippen molar-refractivity contribution in [2.75, 3.05) is 18.4 Å². The molecule has 2 rings (SSSR count). The van der Waals surface area contributed by atoms with E-state index in [1.54, 1.807) is 13.8 Å². The highest BCUT2D eigenvalue weighted by Gasteiger charge is 2.33. The molecular weight excluding hydrogens is 393 g/mol. The molecule has 0 aliphatic carbocycles. The Morgan fingerprint density at radius 2 is 1.61 bits per heavy atom. The van der Waals surface area contributed by atoms with E-state index in [0.717, 1.165) is 22.5 Å². The lowest BCUT2D eigenvalue weighted by Crippen LogP contribution is -2.37. The molecule has 9 heteroatoms. The molecule has 0 aliphatic rings. The van der Waals surface area contributed by atoms with Crippen molar-refractivity contribution >= 4 is 21.6 Å². The van der Waals surface area contributed by atoms with Gasteiger partial charge in [-0.05, 0) is 50.2 Å². The average molecular weight is 414 g/mol. The first-order valence-corrected chi connectivity index (χ1v) is 9.83. The van der Waals surface area contributed by atoms with E-state index in [2.05, 4.69) is 0 Å². The van der Waals surface area contributed by atoms with Gasteiger partial charge in [-0.15, -0.1) is 0 Å². The Morgan fingerprint density at radius 3 is 2.14 bits per heavy atom. The zero-order valence-electron chi connectivity index (χ0n) is 15.9. The summed E-state index contributed by atoms with van der Waals surface area (Å²) in [5.74, 6) is -0.382. The van der Waals surface area contributed by atoms with Crippen LogP contribution in [-0.4, -0.2) is 39.4 Å². The van der Waals surface area contributed by atoms with E-state index in [4.69, 9.17) is 0 Å². The van der Waals surface area contributed by atoms with Gasteiger partial charge in [-0.1, -0.05) is 12.1 Å². The fourth-order valence-electron chi connectivity index (χ4n) is 2.70. The molecule has 0 N–H and O–H groups in total. The molecule has 0 bridgehead atoms. The van der Waals surface area contributed by atoms with E-state index < -0.39 is 27.8 Å². The number of sulfonamides is 1. The number of rotatable bonds is 5. The topological polar surface area (TPSA) is 57.7 Å². The molecule has 0 radical (unpaired) electrons. The Morgan fingerprint density at radius 1 is 1.00 bits per heavy atom. The van der Waals surface area contributed by atoms with Crippen molar-refractivity contribution < 1.29 is 26.4 Å². The monoisotopic (exact) mass is 414 g/mol. The van der Waals surface area contributed by atoms with Gasteiger partial charge in [-0.25, -0.2) is 8.42 Å². The predicted molar refractivity (Wildman–Crippen MR) is 101 cm³/mol. The SMILES string of the molecule is CC(C)N(c1cccc(C(F)(F)F)c1)S(=O)(=O)c1cccc(C(=O)N(C)C)c1. The number of amides is 1. The zero-order chi connectivity index (χ0) is 21.3. The first-order chi connectivity index (χ1) is 12.9. The lowest BCUT2D eigenvalue weighted by molar-refractivity contribution is -0.137. The lowest BCUT2D eigenvalue weighted by Gasteiger charge is -2.29. The summed E-state index contributed by atoms with van der Waals surface area (Å²) in [7, 11) is -1.13. The molecule has 5 nitrogen and oxygen atoms in total. The largest absolute Gasteiger partial charge is 0.416 e. The molecule has 1 amide bonds. The molecule has 0 heterocycles. The van der Waals surface area contributed by atoms with Gasteiger partial charge in [0.1, 0.15) is 0 Å². The van der Waals surface area contributed by atoms with Crippen molar-refractivity contribution in [3.8, 4) is 0 Å². The number of benzene rings is 2. The number of hydrogen-bond donors (Lipinski definition) is 0. The highest BCUT2D eigenvalue weighted by Crippen LogP contribution is 2.34. The molecule has 0 saturated heterocycles. The summed E-state index contributed by atoms with van der Waals surface area (Å²) >= 11 is 0. The Balaban J connectivity index is 2.58. The van der Waals surface area contributed by atoms with Crippen LogP contribution in [0.1, 0.15) is 29.8 Å². The maximum atomic E-state index is 13.2. The van der Waals surface area contributed by atoms with Gasteiger partial charge in [0.15, 0.2) is 0 Å². The summed E-state index contributed by atoms with van der Waals surface area (Å²) in [6.07, 6.45) is -4.60. The highest BCUT2D eigenvalue weighted by molar-refractivity contribution is 7.92. The van der Waals surface area contributed by atoms with Gasteiger partial charge in [-0.3, -0.25) is 9.10 Å². The molecule has 0 spiro atoms. The van der Waals surface area contributed by atoms with Gasteiger partial charge >= 0.3 is 6.18 Å². The van der Waals surface area contributed by atoms with Crippen LogP contribution in [0.4, 0.5) is 18.9 Å². The van der Waals surface area contributed by atoms with Crippen LogP contribution in [0.15, 0.2) is 53.4 Å². The Bertz CT molecular complexity index is 970. The van der Waals surface area contributed by atoms with Crippen molar-refractivity contribution in [2.24, 2.45) is 0 Å². The van der Waals surface area contributed by atoms with Gasteiger partial charge in [0, 0.05) is 25.7 Å². The van der Waals surface area contributed by atoms with E-state index in [1.807, 2.05) is 0 Å². The van der Waals surface area contributed by atoms with Crippen molar-refractivity contribution in [2.45, 2.75) is 31.0 Å². The maximum absolute atomic E-state index is 13.2. The van der Waals surface area contributed by atoms with E-state index in [0.29, 0.717) is 0 Å². The van der Waals surface area contributed by atoms with E-state index in [1.165, 1.54) is 49.3 Å². The van der Waals surface area contributed by atoms with Crippen LogP contribution < -0.4 is 4.31 Å². The summed E-state index contributed by atoms with van der Waals surface area (Å²) in [6, 6.07) is 8.93. The first-order valence-electron chi connectivity index (χ1n) is 8.39. The minimum Gasteiger partial charge on any atom is -0.345 e. The smallest absolute Gasteiger partial charge is 0.345 e. The molecule has 2 aromatic rings. The number of anilines is 1. The van der Waals surface area contributed by atoms with Gasteiger partial charge in [0.25, 0.3) is 15.9 Å². The summed E-state index contributed by atoms with van der Waals surface area (Å²) in [5.41, 5.74) is -0.879. The van der Waals surface area contributed by atoms with Crippen LogP contribution in [-0.2, 0) is 16.2 Å². The molecule has 0 aromatic heterocycles. The molecule has 0 unspecified atom stereocenters. The van der Waals surface area contributed by atoms with Crippen LogP contribution in [0, 0.1) is 0 Å². The molecule has 2 aromatic carbocycles. The van der Waals surface area contributed by atoms with Crippen molar-refractivity contribution in [1.29, 1.82) is 0 Å². The van der Waals surface area contributed by atoms with Crippen LogP contribution >= 0.6 is 0 Å². The fraction of sp³-hybridized carbons (Fsp3) is 0.316. The summed E-state index contributed by atoms with van der Waals surface area (Å²) in [5, 5.41) is 0. The third kappa shape index (κ3) is 4.46. The predicted octanol–water partition coefficient (Wildman–Crippen LogP) is 4.01. The lowest BCUT2D eigenvalue weighted by atomic mass is 10.2. The summed E-state index contributed by atoms with van der Waals surface area (Å²) in [6.45, 7) is 3.12. The van der Waals surface area contributed by atoms with Gasteiger partial charge in [0.05, 0.1) is 16.1 Å². The Labute approximate surface area is 162 Å². The van der Waals surface area contributed by atoms with E-state index in [-0.39, 0.29) is 22.1 Å². The molecule has 0 aliphatic heterocycles. The van der Waals surface area contributed by atoms with Crippen LogP contribution in [0.25, 0.3) is 0 Å². The Kier molecular flexibility index (Phi) is 6.08. The standard InChI is InChI=1S/C19H21F3N2O3S/c1-13(2)24(16-9-6-8-15(12-16)19(20,21)22)28(26,27)17-10-5-7-14(11-17)18(25)23(3)4/h5-13H,1-4H3. The molecular formula is C19H21F3N2O3S. The number of nitrogens with zero attached hydrogens (tertiary/aromatic N) is 2. The normalized spacial score (nSPS) is 12.1. The van der Waals surface area contributed by atoms with Gasteiger partial charge in [0.2, 0.25) is 0 Å². The zero-order valence-corrected chi connectivity index (χ0v) is 16.7. The maximum Gasteiger partial charge on any atom is 0.416 e. The summed E-state index contributed by atoms with van der Waals surface area (Å²) in [4.78, 5) is 13.3. The molecule has 28 heavy (non-hydrogen) atoms. The number of carbonyl (C=O) groups excluding carboxylic acids is 1. The second-order valence-electron chi connectivity index (χ2n) is 6.67. The quantitative estimate of drug-likeness (QED) is 0.743. The average Bonchev–Trinajstić information content (AvgIpc) is 2.60. The van der Waals surface area contributed by atoms with Gasteiger partial charge < -0.3 is 4.90 Å². The minimum absolute atomic E-state index is 0.103.